The Kier molecular flexibility index (Phi) is 4.15. The van der Waals surface area contributed by atoms with Crippen molar-refractivity contribution in [3.05, 3.63) is 35.4 Å². The second kappa shape index (κ2) is 5.68. The van der Waals surface area contributed by atoms with Crippen molar-refractivity contribution in [3.63, 3.8) is 0 Å². The summed E-state index contributed by atoms with van der Waals surface area (Å²) in [6.07, 6.45) is 0. The van der Waals surface area contributed by atoms with Crippen molar-refractivity contribution in [2.75, 3.05) is 11.9 Å². The van der Waals surface area contributed by atoms with E-state index in [4.69, 9.17) is 11.6 Å². The van der Waals surface area contributed by atoms with Gasteiger partial charge < -0.3 is 10.4 Å². The van der Waals surface area contributed by atoms with E-state index >= 15 is 0 Å². The largest absolute Gasteiger partial charge is 0.389 e. The summed E-state index contributed by atoms with van der Waals surface area (Å²) in [4.78, 5) is 11.9. The molecule has 0 amide bonds. The lowest BCUT2D eigenvalue weighted by Crippen LogP contribution is -2.30. The quantitative estimate of drug-likeness (QED) is 0.907. The highest BCUT2D eigenvalue weighted by atomic mass is 35.5. The van der Waals surface area contributed by atoms with Gasteiger partial charge in [0, 0.05) is 6.54 Å². The molecule has 0 aliphatic heterocycles. The zero-order valence-corrected chi connectivity index (χ0v) is 11.8. The first kappa shape index (κ1) is 14.6. The topological polar surface area (TPSA) is 70.9 Å². The van der Waals surface area contributed by atoms with Crippen molar-refractivity contribution in [2.24, 2.45) is 0 Å². The molecule has 20 heavy (non-hydrogen) atoms. The van der Waals surface area contributed by atoms with E-state index in [1.807, 2.05) is 0 Å². The third-order valence-corrected chi connectivity index (χ3v) is 2.57. The molecule has 7 heteroatoms. The van der Waals surface area contributed by atoms with Crippen molar-refractivity contribution in [1.29, 1.82) is 0 Å². The second-order valence-corrected chi connectivity index (χ2v) is 5.24. The van der Waals surface area contributed by atoms with Gasteiger partial charge in [-0.25, -0.2) is 4.39 Å². The number of anilines is 1. The maximum absolute atomic E-state index is 13.7. The number of rotatable bonds is 4. The van der Waals surface area contributed by atoms with Crippen LogP contribution >= 0.6 is 11.6 Å². The molecule has 0 aliphatic carbocycles. The molecule has 0 aliphatic rings. The van der Waals surface area contributed by atoms with Gasteiger partial charge in [-0.15, -0.1) is 0 Å². The van der Waals surface area contributed by atoms with Crippen LogP contribution in [-0.2, 0) is 0 Å². The molecule has 2 aromatic rings. The zero-order chi connectivity index (χ0) is 14.8. The molecule has 0 atom stereocenters. The predicted molar refractivity (Wildman–Crippen MR) is 75.0 cm³/mol. The second-order valence-electron chi connectivity index (χ2n) is 4.90. The fourth-order valence-corrected chi connectivity index (χ4v) is 1.65. The monoisotopic (exact) mass is 296 g/mol. The minimum absolute atomic E-state index is 0.0449. The Labute approximate surface area is 120 Å². The lowest BCUT2D eigenvalue weighted by molar-refractivity contribution is 0.0943. The molecule has 2 rings (SSSR count). The lowest BCUT2D eigenvalue weighted by atomic mass is 10.1. The number of aromatic nitrogens is 3. The van der Waals surface area contributed by atoms with E-state index in [9.17, 15) is 9.50 Å². The molecule has 0 spiro atoms. The Bertz CT molecular complexity index is 616. The van der Waals surface area contributed by atoms with Crippen molar-refractivity contribution in [1.82, 2.24) is 15.0 Å². The van der Waals surface area contributed by atoms with Crippen LogP contribution in [0.4, 0.5) is 10.3 Å². The van der Waals surface area contributed by atoms with Gasteiger partial charge in [-0.2, -0.15) is 15.0 Å². The first-order valence-corrected chi connectivity index (χ1v) is 6.36. The number of halogens is 2. The third-order valence-electron chi connectivity index (χ3n) is 2.40. The lowest BCUT2D eigenvalue weighted by Gasteiger charge is -2.17. The minimum Gasteiger partial charge on any atom is -0.389 e. The van der Waals surface area contributed by atoms with Gasteiger partial charge in [0.25, 0.3) is 0 Å². The molecule has 2 N–H and O–H groups in total. The van der Waals surface area contributed by atoms with E-state index in [-0.39, 0.29) is 29.2 Å². The number of aliphatic hydroxyl groups is 1. The minimum atomic E-state index is -0.933. The van der Waals surface area contributed by atoms with Crippen LogP contribution in [-0.4, -0.2) is 32.2 Å². The molecule has 0 fully saturated rings. The SMILES string of the molecule is CC(C)(O)CNc1nc(Cl)nc(-c2ccccc2F)n1. The Morgan fingerprint density at radius 3 is 2.60 bits per heavy atom. The Morgan fingerprint density at radius 2 is 1.95 bits per heavy atom. The standard InChI is InChI=1S/C13H14ClFN4O/c1-13(2,20)7-16-12-18-10(17-11(14)19-12)8-5-3-4-6-9(8)15/h3-6,20H,7H2,1-2H3,(H,16,17,18,19). The zero-order valence-electron chi connectivity index (χ0n) is 11.1. The van der Waals surface area contributed by atoms with E-state index in [1.165, 1.54) is 6.07 Å². The number of nitrogens with one attached hydrogen (secondary N) is 1. The highest BCUT2D eigenvalue weighted by Gasteiger charge is 2.15. The summed E-state index contributed by atoms with van der Waals surface area (Å²) >= 11 is 5.82. The van der Waals surface area contributed by atoms with Crippen molar-refractivity contribution >= 4 is 17.5 Å². The maximum Gasteiger partial charge on any atom is 0.227 e. The predicted octanol–water partition coefficient (Wildman–Crippen LogP) is 2.51. The number of hydrogen-bond acceptors (Lipinski definition) is 5. The van der Waals surface area contributed by atoms with Gasteiger partial charge >= 0.3 is 0 Å². The van der Waals surface area contributed by atoms with Gasteiger partial charge in [0.2, 0.25) is 11.2 Å². The number of benzene rings is 1. The fourth-order valence-electron chi connectivity index (χ4n) is 1.49. The van der Waals surface area contributed by atoms with Gasteiger partial charge in [-0.05, 0) is 37.6 Å². The Morgan fingerprint density at radius 1 is 1.25 bits per heavy atom. The molecular formula is C13H14ClFN4O. The summed E-state index contributed by atoms with van der Waals surface area (Å²) in [6.45, 7) is 3.51. The van der Waals surface area contributed by atoms with Crippen LogP contribution < -0.4 is 5.32 Å². The summed E-state index contributed by atoms with van der Waals surface area (Å²) in [5, 5.41) is 12.4. The van der Waals surface area contributed by atoms with Crippen molar-refractivity contribution < 1.29 is 9.50 Å². The molecule has 5 nitrogen and oxygen atoms in total. The number of nitrogens with zero attached hydrogens (tertiary/aromatic N) is 3. The molecule has 1 aromatic heterocycles. The molecule has 106 valence electrons. The van der Waals surface area contributed by atoms with Crippen molar-refractivity contribution in [2.45, 2.75) is 19.4 Å². The van der Waals surface area contributed by atoms with Gasteiger partial charge in [-0.1, -0.05) is 12.1 Å². The fraction of sp³-hybridized carbons (Fsp3) is 0.308. The van der Waals surface area contributed by atoms with Crippen LogP contribution in [0.1, 0.15) is 13.8 Å². The summed E-state index contributed by atoms with van der Waals surface area (Å²) in [7, 11) is 0. The summed E-state index contributed by atoms with van der Waals surface area (Å²) in [5.74, 6) is -0.116. The molecule has 0 saturated heterocycles. The third kappa shape index (κ3) is 3.85. The average Bonchev–Trinajstić information content (AvgIpc) is 2.35. The van der Waals surface area contributed by atoms with Crippen LogP contribution in [0.5, 0.6) is 0 Å². The molecule has 1 aromatic carbocycles. The maximum atomic E-state index is 13.7. The van der Waals surface area contributed by atoms with Crippen molar-refractivity contribution in [3.8, 4) is 11.4 Å². The molecule has 0 bridgehead atoms. The summed E-state index contributed by atoms with van der Waals surface area (Å²) in [5.41, 5.74) is -0.694. The Balaban J connectivity index is 2.32. The van der Waals surface area contributed by atoms with E-state index < -0.39 is 11.4 Å². The summed E-state index contributed by atoms with van der Waals surface area (Å²) < 4.78 is 13.7. The van der Waals surface area contributed by atoms with Crippen LogP contribution in [0.3, 0.4) is 0 Å². The van der Waals surface area contributed by atoms with Gasteiger partial charge in [0.15, 0.2) is 5.82 Å². The first-order valence-electron chi connectivity index (χ1n) is 5.98. The smallest absolute Gasteiger partial charge is 0.227 e. The van der Waals surface area contributed by atoms with Crippen LogP contribution in [0.2, 0.25) is 5.28 Å². The van der Waals surface area contributed by atoms with Gasteiger partial charge in [0.05, 0.1) is 11.2 Å². The molecule has 0 saturated carbocycles. The molecular weight excluding hydrogens is 283 g/mol. The highest BCUT2D eigenvalue weighted by molar-refractivity contribution is 6.28. The van der Waals surface area contributed by atoms with E-state index in [1.54, 1.807) is 32.0 Å². The van der Waals surface area contributed by atoms with Gasteiger partial charge in [0.1, 0.15) is 5.82 Å². The molecule has 0 radical (unpaired) electrons. The number of hydrogen-bond donors (Lipinski definition) is 2. The van der Waals surface area contributed by atoms with E-state index in [2.05, 4.69) is 20.3 Å². The highest BCUT2D eigenvalue weighted by Crippen LogP contribution is 2.21. The first-order chi connectivity index (χ1) is 9.35. The summed E-state index contributed by atoms with van der Waals surface area (Å²) in [6, 6.07) is 6.13. The van der Waals surface area contributed by atoms with Crippen LogP contribution in [0, 0.1) is 5.82 Å². The normalized spacial score (nSPS) is 11.4. The Hall–Kier alpha value is -1.79. The van der Waals surface area contributed by atoms with E-state index in [0.29, 0.717) is 0 Å². The van der Waals surface area contributed by atoms with Gasteiger partial charge in [-0.3, -0.25) is 0 Å². The van der Waals surface area contributed by atoms with Crippen LogP contribution in [0.15, 0.2) is 24.3 Å². The molecule has 1 heterocycles. The molecule has 0 unspecified atom stereocenters. The average molecular weight is 297 g/mol. The van der Waals surface area contributed by atoms with Crippen LogP contribution in [0.25, 0.3) is 11.4 Å². The van der Waals surface area contributed by atoms with E-state index in [0.717, 1.165) is 0 Å².